The Bertz CT molecular complexity index is 968. The Balaban J connectivity index is 1.73. The molecule has 32 heavy (non-hydrogen) atoms. The Hall–Kier alpha value is -3.10. The van der Waals surface area contributed by atoms with Crippen molar-refractivity contribution in [2.45, 2.75) is 20.0 Å². The summed E-state index contributed by atoms with van der Waals surface area (Å²) in [6, 6.07) is 10.6. The monoisotopic (exact) mass is 451 g/mol. The number of aliphatic imine (C=N–C) groups is 1. The fourth-order valence-corrected chi connectivity index (χ4v) is 3.24. The highest BCUT2D eigenvalue weighted by atomic mass is 19.4. The Morgan fingerprint density at radius 3 is 2.38 bits per heavy atom. The van der Waals surface area contributed by atoms with E-state index < -0.39 is 23.5 Å². The molecule has 1 amide bonds. The lowest BCUT2D eigenvalue weighted by molar-refractivity contribution is -0.137. The highest BCUT2D eigenvalue weighted by Crippen LogP contribution is 2.31. The minimum atomic E-state index is -4.40. The first-order valence-electron chi connectivity index (χ1n) is 10.3. The summed E-state index contributed by atoms with van der Waals surface area (Å²) in [6.45, 7) is 5.92. The maximum absolute atomic E-state index is 13.5. The van der Waals surface area contributed by atoms with Gasteiger partial charge in [0.05, 0.1) is 12.2 Å². The second-order valence-electron chi connectivity index (χ2n) is 7.94. The van der Waals surface area contributed by atoms with Crippen LogP contribution in [0.25, 0.3) is 0 Å². The third-order valence-electron chi connectivity index (χ3n) is 4.90. The van der Waals surface area contributed by atoms with E-state index in [0.29, 0.717) is 38.5 Å². The van der Waals surface area contributed by atoms with Gasteiger partial charge in [-0.1, -0.05) is 26.0 Å². The first kappa shape index (κ1) is 23.6. The van der Waals surface area contributed by atoms with Gasteiger partial charge in [0.1, 0.15) is 5.82 Å². The minimum absolute atomic E-state index is 0.109. The van der Waals surface area contributed by atoms with Crippen molar-refractivity contribution in [3.05, 3.63) is 65.5 Å². The molecule has 1 fully saturated rings. The molecule has 2 aromatic carbocycles. The number of hydrogen-bond acceptors (Lipinski definition) is 3. The number of nitrogens with zero attached hydrogens (tertiary/aromatic N) is 3. The van der Waals surface area contributed by atoms with Gasteiger partial charge in [-0.15, -0.1) is 0 Å². The van der Waals surface area contributed by atoms with Crippen LogP contribution in [0.2, 0.25) is 0 Å². The van der Waals surface area contributed by atoms with Gasteiger partial charge in [0.15, 0.2) is 0 Å². The zero-order valence-corrected chi connectivity index (χ0v) is 17.9. The van der Waals surface area contributed by atoms with Crippen LogP contribution in [0.15, 0.2) is 53.5 Å². The third kappa shape index (κ3) is 6.21. The van der Waals surface area contributed by atoms with Gasteiger partial charge in [-0.2, -0.15) is 18.2 Å². The van der Waals surface area contributed by atoms with E-state index in [0.717, 1.165) is 18.2 Å². The van der Waals surface area contributed by atoms with Gasteiger partial charge in [-0.25, -0.2) is 4.39 Å². The summed E-state index contributed by atoms with van der Waals surface area (Å²) in [4.78, 5) is 20.2. The Morgan fingerprint density at radius 2 is 1.75 bits per heavy atom. The van der Waals surface area contributed by atoms with E-state index in [9.17, 15) is 22.4 Å². The molecule has 1 aliphatic rings. The first-order valence-corrected chi connectivity index (χ1v) is 10.3. The molecule has 0 atom stereocenters. The van der Waals surface area contributed by atoms with Crippen molar-refractivity contribution in [1.29, 1.82) is 0 Å². The van der Waals surface area contributed by atoms with E-state index in [1.807, 2.05) is 18.7 Å². The molecule has 0 bridgehead atoms. The maximum atomic E-state index is 13.5. The van der Waals surface area contributed by atoms with Gasteiger partial charge in [0, 0.05) is 37.4 Å². The average Bonchev–Trinajstić information content (AvgIpc) is 2.76. The molecule has 0 radical (unpaired) electrons. The maximum Gasteiger partial charge on any atom is 0.416 e. The van der Waals surface area contributed by atoms with E-state index in [2.05, 4.69) is 4.99 Å². The number of anilines is 1. The van der Waals surface area contributed by atoms with Crippen molar-refractivity contribution in [3.8, 4) is 0 Å². The van der Waals surface area contributed by atoms with Crippen LogP contribution in [0.1, 0.15) is 29.8 Å². The van der Waals surface area contributed by atoms with E-state index in [1.165, 1.54) is 24.3 Å². The predicted molar refractivity (Wildman–Crippen MR) is 114 cm³/mol. The Morgan fingerprint density at radius 1 is 1.06 bits per heavy atom. The van der Waals surface area contributed by atoms with E-state index in [-0.39, 0.29) is 17.5 Å². The first-order chi connectivity index (χ1) is 15.1. The molecular weight excluding hydrogens is 426 g/mol. The molecule has 0 aliphatic carbocycles. The van der Waals surface area contributed by atoms with Gasteiger partial charge in [-0.05, 0) is 42.3 Å². The van der Waals surface area contributed by atoms with Crippen molar-refractivity contribution >= 4 is 17.6 Å². The molecule has 0 aromatic heterocycles. The quantitative estimate of drug-likeness (QED) is 0.379. The number of ether oxygens (including phenoxy) is 1. The standard InChI is InChI=1S/C23H25F4N3O2/c1-16(2)15-32-22(28-21(31)17-5-3-7-19(24)13-17)30-11-9-29(10-12-30)20-8-4-6-18(14-20)23(25,26)27/h3-8,13-14,16H,9-12,15H2,1-2H3. The van der Waals surface area contributed by atoms with E-state index in [1.54, 1.807) is 11.0 Å². The molecule has 0 N–H and O–H groups in total. The highest BCUT2D eigenvalue weighted by molar-refractivity contribution is 6.01. The molecule has 2 aromatic rings. The van der Waals surface area contributed by atoms with Gasteiger partial charge >= 0.3 is 6.18 Å². The van der Waals surface area contributed by atoms with Crippen molar-refractivity contribution in [1.82, 2.24) is 4.90 Å². The molecule has 0 saturated carbocycles. The van der Waals surface area contributed by atoms with Gasteiger partial charge < -0.3 is 14.5 Å². The number of amidine groups is 1. The lowest BCUT2D eigenvalue weighted by atomic mass is 10.1. The van der Waals surface area contributed by atoms with Crippen LogP contribution in [0.4, 0.5) is 23.2 Å². The Kier molecular flexibility index (Phi) is 7.37. The minimum Gasteiger partial charge on any atom is -0.465 e. The summed E-state index contributed by atoms with van der Waals surface area (Å²) < 4.78 is 58.3. The smallest absolute Gasteiger partial charge is 0.416 e. The topological polar surface area (TPSA) is 45.1 Å². The second-order valence-corrected chi connectivity index (χ2v) is 7.94. The van der Waals surface area contributed by atoms with Gasteiger partial charge in [0.2, 0.25) is 0 Å². The lowest BCUT2D eigenvalue weighted by Crippen LogP contribution is -2.49. The summed E-state index contributed by atoms with van der Waals surface area (Å²) in [5.74, 6) is -0.968. The fraction of sp³-hybridized carbons (Fsp3) is 0.391. The van der Waals surface area contributed by atoms with Gasteiger partial charge in [0.25, 0.3) is 11.9 Å². The van der Waals surface area contributed by atoms with Crippen LogP contribution in [0.5, 0.6) is 0 Å². The summed E-state index contributed by atoms with van der Waals surface area (Å²) in [5.41, 5.74) is -0.101. The fourth-order valence-electron chi connectivity index (χ4n) is 3.24. The molecular formula is C23H25F4N3O2. The van der Waals surface area contributed by atoms with Crippen molar-refractivity contribution < 1.29 is 27.1 Å². The molecule has 1 saturated heterocycles. The number of rotatable bonds is 4. The average molecular weight is 451 g/mol. The molecule has 5 nitrogen and oxygen atoms in total. The van der Waals surface area contributed by atoms with Crippen LogP contribution in [-0.2, 0) is 10.9 Å². The van der Waals surface area contributed by atoms with E-state index in [4.69, 9.17) is 4.74 Å². The summed E-state index contributed by atoms with van der Waals surface area (Å²) in [5, 5.41) is 0. The van der Waals surface area contributed by atoms with Crippen molar-refractivity contribution in [2.24, 2.45) is 10.9 Å². The lowest BCUT2D eigenvalue weighted by Gasteiger charge is -2.37. The molecule has 1 heterocycles. The number of amides is 1. The second kappa shape index (κ2) is 10.0. The number of carbonyl (C=O) groups excluding carboxylic acids is 1. The molecule has 9 heteroatoms. The number of benzene rings is 2. The van der Waals surface area contributed by atoms with Gasteiger partial charge in [-0.3, -0.25) is 4.79 Å². The van der Waals surface area contributed by atoms with Crippen LogP contribution in [0, 0.1) is 11.7 Å². The van der Waals surface area contributed by atoms with Crippen LogP contribution >= 0.6 is 0 Å². The molecule has 172 valence electrons. The third-order valence-corrected chi connectivity index (χ3v) is 4.90. The molecule has 3 rings (SSSR count). The zero-order chi connectivity index (χ0) is 23.3. The SMILES string of the molecule is CC(C)COC(=NC(=O)c1cccc(F)c1)N1CCN(c2cccc(C(F)(F)F)c2)CC1. The van der Waals surface area contributed by atoms with Crippen LogP contribution < -0.4 is 4.90 Å². The number of hydrogen-bond donors (Lipinski definition) is 0. The summed E-state index contributed by atoms with van der Waals surface area (Å²) in [6.07, 6.45) is -4.40. The summed E-state index contributed by atoms with van der Waals surface area (Å²) in [7, 11) is 0. The Labute approximate surface area is 184 Å². The summed E-state index contributed by atoms with van der Waals surface area (Å²) >= 11 is 0. The largest absolute Gasteiger partial charge is 0.465 e. The van der Waals surface area contributed by atoms with Crippen molar-refractivity contribution in [3.63, 3.8) is 0 Å². The van der Waals surface area contributed by atoms with E-state index >= 15 is 0 Å². The number of alkyl halides is 3. The highest BCUT2D eigenvalue weighted by Gasteiger charge is 2.31. The van der Waals surface area contributed by atoms with Crippen LogP contribution in [-0.4, -0.2) is 49.6 Å². The number of piperazine rings is 1. The van der Waals surface area contributed by atoms with Crippen molar-refractivity contribution in [2.75, 3.05) is 37.7 Å². The van der Waals surface area contributed by atoms with Crippen LogP contribution in [0.3, 0.4) is 0 Å². The molecule has 1 aliphatic heterocycles. The number of carbonyl (C=O) groups is 1. The number of halogens is 4. The molecule has 0 spiro atoms. The molecule has 0 unspecified atom stereocenters. The zero-order valence-electron chi connectivity index (χ0n) is 17.9. The normalized spacial score (nSPS) is 15.3. The predicted octanol–water partition coefficient (Wildman–Crippen LogP) is 4.84.